The molecule has 0 unspecified atom stereocenters. The molecule has 6 heteroatoms. The van der Waals surface area contributed by atoms with Crippen LogP contribution in [0.15, 0.2) is 22.5 Å². The number of carboxylic acids is 1. The van der Waals surface area contributed by atoms with Crippen molar-refractivity contribution in [3.63, 3.8) is 0 Å². The molecule has 1 aromatic heterocycles. The minimum Gasteiger partial charge on any atom is -0.480 e. The molecule has 1 N–H and O–H groups in total. The number of carbonyl (C=O) groups is 2. The summed E-state index contributed by atoms with van der Waals surface area (Å²) in [5, 5.41) is 8.73. The molecule has 1 heterocycles. The smallest absolute Gasteiger partial charge is 0.323 e. The van der Waals surface area contributed by atoms with Crippen LogP contribution in [-0.4, -0.2) is 35.0 Å². The molecule has 1 rings (SSSR count). The fourth-order valence-corrected chi connectivity index (χ4v) is 2.76. The van der Waals surface area contributed by atoms with E-state index in [0.29, 0.717) is 4.88 Å². The van der Waals surface area contributed by atoms with Gasteiger partial charge in [-0.3, -0.25) is 9.59 Å². The third-order valence-electron chi connectivity index (χ3n) is 2.03. The van der Waals surface area contributed by atoms with Crippen molar-refractivity contribution < 1.29 is 14.7 Å². The van der Waals surface area contributed by atoms with Crippen molar-refractivity contribution in [2.45, 2.75) is 6.92 Å². The molecule has 0 bridgehead atoms. The third kappa shape index (κ3) is 3.67. The first-order chi connectivity index (χ1) is 7.95. The standard InChI is InChI=1S/C11H12BrNO3S/c1-3-4-13(6-9(14)15)11(16)8-5-7(2)10(12)17-8/h3,5H,1,4,6H2,2H3,(H,14,15). The highest BCUT2D eigenvalue weighted by Crippen LogP contribution is 2.28. The van der Waals surface area contributed by atoms with Crippen molar-refractivity contribution in [1.29, 1.82) is 0 Å². The van der Waals surface area contributed by atoms with Crippen LogP contribution >= 0.6 is 27.3 Å². The van der Waals surface area contributed by atoms with Gasteiger partial charge in [0, 0.05) is 6.54 Å². The SMILES string of the molecule is C=CCN(CC(=O)O)C(=O)c1cc(C)c(Br)s1. The summed E-state index contributed by atoms with van der Waals surface area (Å²) in [6, 6.07) is 1.75. The van der Waals surface area contributed by atoms with Crippen LogP contribution in [-0.2, 0) is 4.79 Å². The second kappa shape index (κ2) is 5.97. The Morgan fingerprint density at radius 3 is 2.71 bits per heavy atom. The van der Waals surface area contributed by atoms with E-state index in [1.165, 1.54) is 22.3 Å². The maximum Gasteiger partial charge on any atom is 0.323 e. The number of rotatable bonds is 5. The van der Waals surface area contributed by atoms with Crippen LogP contribution in [0.3, 0.4) is 0 Å². The highest BCUT2D eigenvalue weighted by atomic mass is 79.9. The van der Waals surface area contributed by atoms with Gasteiger partial charge in [0.25, 0.3) is 5.91 Å². The van der Waals surface area contributed by atoms with Gasteiger partial charge in [0.05, 0.1) is 8.66 Å². The first kappa shape index (κ1) is 13.9. The summed E-state index contributed by atoms with van der Waals surface area (Å²) in [6.07, 6.45) is 1.51. The zero-order valence-electron chi connectivity index (χ0n) is 9.27. The van der Waals surface area contributed by atoms with Gasteiger partial charge >= 0.3 is 5.97 Å². The van der Waals surface area contributed by atoms with E-state index in [9.17, 15) is 9.59 Å². The van der Waals surface area contributed by atoms with E-state index in [-0.39, 0.29) is 19.0 Å². The van der Waals surface area contributed by atoms with Crippen LogP contribution in [0.4, 0.5) is 0 Å². The van der Waals surface area contributed by atoms with E-state index >= 15 is 0 Å². The molecule has 0 radical (unpaired) electrons. The average molecular weight is 318 g/mol. The van der Waals surface area contributed by atoms with Crippen LogP contribution in [0, 0.1) is 6.92 Å². The van der Waals surface area contributed by atoms with Crippen molar-refractivity contribution in [3.8, 4) is 0 Å². The van der Waals surface area contributed by atoms with E-state index in [2.05, 4.69) is 22.5 Å². The number of carbonyl (C=O) groups excluding carboxylic acids is 1. The molecule has 4 nitrogen and oxygen atoms in total. The fraction of sp³-hybridized carbons (Fsp3) is 0.273. The molecule has 0 aliphatic carbocycles. The second-order valence-corrected chi connectivity index (χ2v) is 5.81. The maximum atomic E-state index is 12.0. The van der Waals surface area contributed by atoms with E-state index in [0.717, 1.165) is 9.35 Å². The van der Waals surface area contributed by atoms with Gasteiger partial charge in [-0.25, -0.2) is 0 Å². The summed E-state index contributed by atoms with van der Waals surface area (Å²) in [5.41, 5.74) is 0.965. The lowest BCUT2D eigenvalue weighted by Gasteiger charge is -2.17. The average Bonchev–Trinajstić information content (AvgIpc) is 2.57. The van der Waals surface area contributed by atoms with Gasteiger partial charge in [-0.2, -0.15) is 0 Å². The number of amides is 1. The first-order valence-electron chi connectivity index (χ1n) is 4.83. The monoisotopic (exact) mass is 317 g/mol. The van der Waals surface area contributed by atoms with Crippen LogP contribution in [0.2, 0.25) is 0 Å². The van der Waals surface area contributed by atoms with Crippen molar-refractivity contribution in [1.82, 2.24) is 4.90 Å². The lowest BCUT2D eigenvalue weighted by Crippen LogP contribution is -2.35. The van der Waals surface area contributed by atoms with E-state index in [1.807, 2.05) is 6.92 Å². The summed E-state index contributed by atoms with van der Waals surface area (Å²) >= 11 is 4.64. The van der Waals surface area contributed by atoms with Gasteiger partial charge in [0.1, 0.15) is 6.54 Å². The Labute approximate surface area is 112 Å². The predicted octanol–water partition coefficient (Wildman–Crippen LogP) is 2.53. The third-order valence-corrected chi connectivity index (χ3v) is 4.16. The Hall–Kier alpha value is -1.14. The molecular formula is C11H12BrNO3S. The van der Waals surface area contributed by atoms with Crippen LogP contribution in [0.25, 0.3) is 0 Å². The highest BCUT2D eigenvalue weighted by Gasteiger charge is 2.19. The first-order valence-corrected chi connectivity index (χ1v) is 6.44. The molecule has 1 amide bonds. The van der Waals surface area contributed by atoms with Gasteiger partial charge in [-0.15, -0.1) is 17.9 Å². The Bertz CT molecular complexity index is 436. The summed E-state index contributed by atoms with van der Waals surface area (Å²) < 4.78 is 0.884. The Morgan fingerprint density at radius 1 is 1.65 bits per heavy atom. The highest BCUT2D eigenvalue weighted by molar-refractivity contribution is 9.11. The molecule has 0 aromatic carbocycles. The number of carboxylic acid groups (broad SMARTS) is 1. The molecule has 17 heavy (non-hydrogen) atoms. The minimum absolute atomic E-state index is 0.222. The minimum atomic E-state index is -1.03. The Balaban J connectivity index is 2.90. The van der Waals surface area contributed by atoms with Crippen LogP contribution < -0.4 is 0 Å². The van der Waals surface area contributed by atoms with Crippen molar-refractivity contribution in [2.75, 3.05) is 13.1 Å². The number of thiophene rings is 1. The number of halogens is 1. The molecule has 0 fully saturated rings. The van der Waals surface area contributed by atoms with Crippen LogP contribution in [0.1, 0.15) is 15.2 Å². The van der Waals surface area contributed by atoms with Gasteiger partial charge in [0.15, 0.2) is 0 Å². The molecule has 92 valence electrons. The topological polar surface area (TPSA) is 57.6 Å². The Kier molecular flexibility index (Phi) is 4.89. The zero-order valence-corrected chi connectivity index (χ0v) is 11.7. The summed E-state index contributed by atoms with van der Waals surface area (Å²) in [6.45, 7) is 5.30. The van der Waals surface area contributed by atoms with Crippen molar-refractivity contribution >= 4 is 39.1 Å². The lowest BCUT2D eigenvalue weighted by atomic mass is 10.3. The van der Waals surface area contributed by atoms with Crippen LogP contribution in [0.5, 0.6) is 0 Å². The van der Waals surface area contributed by atoms with E-state index < -0.39 is 5.97 Å². The largest absolute Gasteiger partial charge is 0.480 e. The quantitative estimate of drug-likeness (QED) is 0.849. The molecule has 0 spiro atoms. The number of nitrogens with zero attached hydrogens (tertiary/aromatic N) is 1. The Morgan fingerprint density at radius 2 is 2.29 bits per heavy atom. The number of hydrogen-bond acceptors (Lipinski definition) is 3. The van der Waals surface area contributed by atoms with Gasteiger partial charge in [0.2, 0.25) is 0 Å². The number of hydrogen-bond donors (Lipinski definition) is 1. The van der Waals surface area contributed by atoms with Gasteiger partial charge < -0.3 is 10.0 Å². The van der Waals surface area contributed by atoms with E-state index in [4.69, 9.17) is 5.11 Å². The summed E-state index contributed by atoms with van der Waals surface area (Å²) in [7, 11) is 0. The number of aliphatic carboxylic acids is 1. The molecule has 1 aromatic rings. The molecule has 0 aliphatic heterocycles. The normalized spacial score (nSPS) is 10.0. The molecule has 0 saturated carbocycles. The van der Waals surface area contributed by atoms with E-state index in [1.54, 1.807) is 6.07 Å². The van der Waals surface area contributed by atoms with Crippen molar-refractivity contribution in [3.05, 3.63) is 32.9 Å². The molecule has 0 atom stereocenters. The lowest BCUT2D eigenvalue weighted by molar-refractivity contribution is -0.137. The maximum absolute atomic E-state index is 12.0. The van der Waals surface area contributed by atoms with Crippen molar-refractivity contribution in [2.24, 2.45) is 0 Å². The predicted molar refractivity (Wildman–Crippen MR) is 70.5 cm³/mol. The van der Waals surface area contributed by atoms with Gasteiger partial charge in [-0.05, 0) is 34.5 Å². The number of aryl methyl sites for hydroxylation is 1. The summed E-state index contributed by atoms with van der Waals surface area (Å²) in [4.78, 5) is 24.5. The molecule has 0 aliphatic rings. The molecule has 0 saturated heterocycles. The second-order valence-electron chi connectivity index (χ2n) is 3.44. The fourth-order valence-electron chi connectivity index (χ4n) is 1.26. The zero-order chi connectivity index (χ0) is 13.0. The van der Waals surface area contributed by atoms with Gasteiger partial charge in [-0.1, -0.05) is 6.08 Å². The summed E-state index contributed by atoms with van der Waals surface area (Å²) in [5.74, 6) is -1.32. The molecular weight excluding hydrogens is 306 g/mol.